The Kier molecular flexibility index (Phi) is 5.90. The van der Waals surface area contributed by atoms with Gasteiger partial charge in [-0.25, -0.2) is 9.37 Å². The zero-order valence-corrected chi connectivity index (χ0v) is 18.4. The molecule has 2 heterocycles. The van der Waals surface area contributed by atoms with E-state index in [4.69, 9.17) is 16.3 Å². The monoisotopic (exact) mass is 487 g/mol. The number of fused-ring (bicyclic) bond motifs is 3. The number of aromatic nitrogens is 2. The van der Waals surface area contributed by atoms with Crippen LogP contribution in [0.5, 0.6) is 0 Å². The molecular formula is C19H20BrClFN3O2S. The topological polar surface area (TPSA) is 64.1 Å². The zero-order chi connectivity index (χ0) is 19.8. The quantitative estimate of drug-likeness (QED) is 0.442. The highest BCUT2D eigenvalue weighted by Crippen LogP contribution is 2.47. The molecule has 3 fully saturated rings. The molecule has 150 valence electrons. The van der Waals surface area contributed by atoms with Crippen LogP contribution in [0, 0.1) is 23.6 Å². The van der Waals surface area contributed by atoms with Gasteiger partial charge >= 0.3 is 5.97 Å². The number of thiophene rings is 1. The number of hydrogen-bond acceptors (Lipinski definition) is 6. The highest BCUT2D eigenvalue weighted by atomic mass is 79.9. The van der Waals surface area contributed by atoms with Crippen LogP contribution in [0.25, 0.3) is 10.6 Å². The Hall–Kier alpha value is -1.25. The fourth-order valence-electron chi connectivity index (χ4n) is 4.51. The van der Waals surface area contributed by atoms with Gasteiger partial charge in [-0.05, 0) is 84.1 Å². The lowest BCUT2D eigenvalue weighted by Gasteiger charge is -2.47. The molecule has 3 saturated carbocycles. The first-order valence-electron chi connectivity index (χ1n) is 9.39. The predicted molar refractivity (Wildman–Crippen MR) is 111 cm³/mol. The standard InChI is InChI=1S/C19H20BrClFN3O2S/c1-2-27-18(26)13-9-3-5-10(6-4-9)15(13)23-17-14(22)16(24-19(21)25-17)11-7-8-12(20)28-11/h7-10,13,15H,2-6H2,1H3,(H,23,24,25)/t9?,10?,13-,15-/m0/s1. The normalized spacial score (nSPS) is 26.3. The maximum Gasteiger partial charge on any atom is 0.311 e. The van der Waals surface area contributed by atoms with Gasteiger partial charge in [-0.1, -0.05) is 0 Å². The molecule has 0 amide bonds. The number of halogens is 3. The van der Waals surface area contributed by atoms with E-state index in [1.165, 1.54) is 11.3 Å². The third-order valence-corrected chi connectivity index (χ3v) is 7.51. The molecule has 2 atom stereocenters. The number of nitrogens with zero attached hydrogens (tertiary/aromatic N) is 2. The van der Waals surface area contributed by atoms with E-state index in [9.17, 15) is 4.79 Å². The summed E-state index contributed by atoms with van der Waals surface area (Å²) in [5.41, 5.74) is 0.159. The first-order valence-corrected chi connectivity index (χ1v) is 11.4. The molecule has 2 aromatic heterocycles. The minimum absolute atomic E-state index is 0.0305. The second-order valence-electron chi connectivity index (χ2n) is 7.23. The van der Waals surface area contributed by atoms with Crippen molar-refractivity contribution in [2.75, 3.05) is 11.9 Å². The van der Waals surface area contributed by atoms with Gasteiger partial charge in [0.2, 0.25) is 5.28 Å². The van der Waals surface area contributed by atoms with Crippen LogP contribution in [0.3, 0.4) is 0 Å². The summed E-state index contributed by atoms with van der Waals surface area (Å²) in [7, 11) is 0. The Morgan fingerprint density at radius 1 is 1.32 bits per heavy atom. The maximum absolute atomic E-state index is 15.3. The van der Waals surface area contributed by atoms with Crippen LogP contribution in [-0.2, 0) is 9.53 Å². The van der Waals surface area contributed by atoms with Gasteiger partial charge in [-0.15, -0.1) is 11.3 Å². The number of anilines is 1. The van der Waals surface area contributed by atoms with Crippen LogP contribution in [-0.4, -0.2) is 28.6 Å². The second kappa shape index (κ2) is 8.24. The summed E-state index contributed by atoms with van der Waals surface area (Å²) in [4.78, 5) is 21.4. The number of nitrogens with one attached hydrogen (secondary N) is 1. The molecule has 0 aliphatic heterocycles. The van der Waals surface area contributed by atoms with Crippen LogP contribution in [0.4, 0.5) is 10.2 Å². The van der Waals surface area contributed by atoms with Crippen molar-refractivity contribution in [1.29, 1.82) is 0 Å². The van der Waals surface area contributed by atoms with Crippen LogP contribution in [0.1, 0.15) is 32.6 Å². The van der Waals surface area contributed by atoms with Crippen molar-refractivity contribution in [1.82, 2.24) is 9.97 Å². The molecule has 5 rings (SSSR count). The lowest BCUT2D eigenvalue weighted by atomic mass is 9.61. The number of hydrogen-bond donors (Lipinski definition) is 1. The van der Waals surface area contributed by atoms with Crippen LogP contribution < -0.4 is 5.32 Å². The van der Waals surface area contributed by atoms with E-state index in [-0.39, 0.29) is 46.6 Å². The van der Waals surface area contributed by atoms with Crippen molar-refractivity contribution in [2.24, 2.45) is 17.8 Å². The molecule has 9 heteroatoms. The largest absolute Gasteiger partial charge is 0.466 e. The van der Waals surface area contributed by atoms with Crippen molar-refractivity contribution in [3.8, 4) is 10.6 Å². The molecule has 0 aromatic carbocycles. The first kappa shape index (κ1) is 20.0. The van der Waals surface area contributed by atoms with E-state index >= 15 is 4.39 Å². The Morgan fingerprint density at radius 2 is 2.04 bits per heavy atom. The summed E-state index contributed by atoms with van der Waals surface area (Å²) in [5, 5.41) is 3.18. The van der Waals surface area contributed by atoms with Crippen LogP contribution in [0.2, 0.25) is 5.28 Å². The van der Waals surface area contributed by atoms with Crippen molar-refractivity contribution < 1.29 is 13.9 Å². The fourth-order valence-corrected chi connectivity index (χ4v) is 6.05. The molecule has 2 bridgehead atoms. The molecule has 0 radical (unpaired) electrons. The van der Waals surface area contributed by atoms with Gasteiger partial charge < -0.3 is 10.1 Å². The average Bonchev–Trinajstić information content (AvgIpc) is 3.11. The summed E-state index contributed by atoms with van der Waals surface area (Å²) in [6.07, 6.45) is 4.05. The minimum atomic E-state index is -0.553. The van der Waals surface area contributed by atoms with E-state index < -0.39 is 5.82 Å². The SMILES string of the molecule is CCOC(=O)[C@H]1C2CCC(CC2)[C@@H]1Nc1nc(Cl)nc(-c2ccc(Br)s2)c1F. The number of rotatable bonds is 5. The first-order chi connectivity index (χ1) is 13.5. The van der Waals surface area contributed by atoms with Gasteiger partial charge in [0, 0.05) is 6.04 Å². The lowest BCUT2D eigenvalue weighted by molar-refractivity contribution is -0.154. The summed E-state index contributed by atoms with van der Waals surface area (Å²) < 4.78 is 21.4. The Labute approximate surface area is 180 Å². The molecule has 3 aliphatic carbocycles. The van der Waals surface area contributed by atoms with Gasteiger partial charge in [0.15, 0.2) is 11.6 Å². The van der Waals surface area contributed by atoms with Crippen LogP contribution in [0.15, 0.2) is 15.9 Å². The molecule has 0 unspecified atom stereocenters. The molecule has 3 aliphatic rings. The zero-order valence-electron chi connectivity index (χ0n) is 15.3. The molecule has 0 spiro atoms. The number of ether oxygens (including phenoxy) is 1. The summed E-state index contributed by atoms with van der Waals surface area (Å²) in [6, 6.07) is 3.40. The molecular weight excluding hydrogens is 469 g/mol. The van der Waals surface area contributed by atoms with Gasteiger partial charge in [0.05, 0.1) is 21.2 Å². The van der Waals surface area contributed by atoms with Crippen molar-refractivity contribution in [3.63, 3.8) is 0 Å². The number of esters is 1. The van der Waals surface area contributed by atoms with E-state index in [1.807, 2.05) is 6.07 Å². The van der Waals surface area contributed by atoms with Crippen molar-refractivity contribution in [3.05, 3.63) is 27.0 Å². The van der Waals surface area contributed by atoms with Gasteiger partial charge in [0.1, 0.15) is 5.69 Å². The predicted octanol–water partition coefficient (Wildman–Crippen LogP) is 5.54. The molecule has 0 saturated heterocycles. The molecule has 28 heavy (non-hydrogen) atoms. The third-order valence-electron chi connectivity index (χ3n) is 5.71. The number of carbonyl (C=O) groups excluding carboxylic acids is 1. The van der Waals surface area contributed by atoms with Crippen LogP contribution >= 0.6 is 38.9 Å². The average molecular weight is 489 g/mol. The van der Waals surface area contributed by atoms with Crippen molar-refractivity contribution in [2.45, 2.75) is 38.6 Å². The number of carbonyl (C=O) groups is 1. The fraction of sp³-hybridized carbons (Fsp3) is 0.526. The molecule has 5 nitrogen and oxygen atoms in total. The summed E-state index contributed by atoms with van der Waals surface area (Å²) in [6.45, 7) is 2.14. The highest BCUT2D eigenvalue weighted by molar-refractivity contribution is 9.11. The van der Waals surface area contributed by atoms with Crippen molar-refractivity contribution >= 4 is 50.7 Å². The van der Waals surface area contributed by atoms with E-state index in [0.717, 1.165) is 29.5 Å². The van der Waals surface area contributed by atoms with Gasteiger partial charge in [-0.2, -0.15) is 4.98 Å². The van der Waals surface area contributed by atoms with E-state index in [1.54, 1.807) is 13.0 Å². The second-order valence-corrected chi connectivity index (χ2v) is 10.0. The third kappa shape index (κ3) is 3.78. The summed E-state index contributed by atoms with van der Waals surface area (Å²) in [5.74, 6) is -0.465. The minimum Gasteiger partial charge on any atom is -0.466 e. The van der Waals surface area contributed by atoms with Gasteiger partial charge in [-0.3, -0.25) is 4.79 Å². The Balaban J connectivity index is 1.67. The van der Waals surface area contributed by atoms with E-state index in [2.05, 4.69) is 31.2 Å². The maximum atomic E-state index is 15.3. The smallest absolute Gasteiger partial charge is 0.311 e. The highest BCUT2D eigenvalue weighted by Gasteiger charge is 2.48. The lowest BCUT2D eigenvalue weighted by Crippen LogP contribution is -2.52. The van der Waals surface area contributed by atoms with Gasteiger partial charge in [0.25, 0.3) is 0 Å². The Bertz CT molecular complexity index is 888. The molecule has 1 N–H and O–H groups in total. The Morgan fingerprint density at radius 3 is 2.68 bits per heavy atom. The van der Waals surface area contributed by atoms with E-state index in [0.29, 0.717) is 11.5 Å². The molecule has 2 aromatic rings. The summed E-state index contributed by atoms with van der Waals surface area (Å²) >= 11 is 10.8.